The van der Waals surface area contributed by atoms with Gasteiger partial charge in [0.15, 0.2) is 0 Å². The van der Waals surface area contributed by atoms with Crippen molar-refractivity contribution in [1.29, 1.82) is 0 Å². The molecule has 1 atom stereocenters. The van der Waals surface area contributed by atoms with E-state index in [0.29, 0.717) is 4.88 Å². The van der Waals surface area contributed by atoms with Crippen molar-refractivity contribution < 1.29 is 24.6 Å². The van der Waals surface area contributed by atoms with Crippen LogP contribution in [0.5, 0.6) is 0 Å². The predicted octanol–water partition coefficient (Wildman–Crippen LogP) is 0.128. The van der Waals surface area contributed by atoms with Crippen LogP contribution in [-0.2, 0) is 9.59 Å². The van der Waals surface area contributed by atoms with Gasteiger partial charge in [-0.1, -0.05) is 0 Å². The van der Waals surface area contributed by atoms with Crippen LogP contribution in [0.2, 0.25) is 0 Å². The molecule has 7 nitrogen and oxygen atoms in total. The van der Waals surface area contributed by atoms with E-state index in [0.717, 1.165) is 4.88 Å². The molecule has 1 unspecified atom stereocenters. The normalized spacial score (nSPS) is 13.3. The second-order valence-electron chi connectivity index (χ2n) is 4.94. The summed E-state index contributed by atoms with van der Waals surface area (Å²) < 4.78 is 0. The van der Waals surface area contributed by atoms with Crippen molar-refractivity contribution in [2.45, 2.75) is 25.9 Å². The molecule has 2 amide bonds. The zero-order chi connectivity index (χ0) is 16.0. The zero-order valence-corrected chi connectivity index (χ0v) is 12.6. The number of rotatable bonds is 7. The number of aryl methyl sites for hydroxylation is 1. The average Bonchev–Trinajstić information content (AvgIpc) is 2.79. The highest BCUT2D eigenvalue weighted by molar-refractivity contribution is 7.13. The number of amides is 2. The first-order valence-corrected chi connectivity index (χ1v) is 7.07. The highest BCUT2D eigenvalue weighted by Crippen LogP contribution is 2.14. The third-order valence-electron chi connectivity index (χ3n) is 2.57. The van der Waals surface area contributed by atoms with E-state index in [2.05, 4.69) is 10.6 Å². The van der Waals surface area contributed by atoms with E-state index in [1.165, 1.54) is 18.3 Å². The van der Waals surface area contributed by atoms with Crippen molar-refractivity contribution in [1.82, 2.24) is 10.6 Å². The van der Waals surface area contributed by atoms with E-state index in [1.807, 2.05) is 13.0 Å². The van der Waals surface area contributed by atoms with Gasteiger partial charge in [0.2, 0.25) is 5.91 Å². The summed E-state index contributed by atoms with van der Waals surface area (Å²) in [5.41, 5.74) is -1.53. The van der Waals surface area contributed by atoms with Crippen LogP contribution in [0.3, 0.4) is 0 Å². The third-order valence-corrected chi connectivity index (χ3v) is 3.57. The van der Waals surface area contributed by atoms with Crippen LogP contribution < -0.4 is 10.6 Å². The van der Waals surface area contributed by atoms with Crippen molar-refractivity contribution in [3.63, 3.8) is 0 Å². The van der Waals surface area contributed by atoms with Crippen LogP contribution in [-0.4, -0.2) is 46.7 Å². The Balaban J connectivity index is 2.34. The molecular weight excluding hydrogens is 296 g/mol. The molecule has 0 saturated carbocycles. The van der Waals surface area contributed by atoms with Gasteiger partial charge in [0, 0.05) is 11.4 Å². The quantitative estimate of drug-likeness (QED) is 0.571. The Kier molecular flexibility index (Phi) is 5.86. The number of aliphatic hydroxyl groups is 1. The van der Waals surface area contributed by atoms with Gasteiger partial charge in [0.25, 0.3) is 5.91 Å². The third kappa shape index (κ3) is 6.37. The van der Waals surface area contributed by atoms with Crippen LogP contribution in [0.25, 0.3) is 0 Å². The summed E-state index contributed by atoms with van der Waals surface area (Å²) in [6.45, 7) is 2.75. The maximum Gasteiger partial charge on any atom is 0.306 e. The van der Waals surface area contributed by atoms with Gasteiger partial charge in [-0.3, -0.25) is 14.4 Å². The molecule has 1 rings (SSSR count). The Bertz CT molecular complexity index is 538. The number of thiophene rings is 1. The van der Waals surface area contributed by atoms with Crippen LogP contribution >= 0.6 is 11.3 Å². The summed E-state index contributed by atoms with van der Waals surface area (Å²) in [4.78, 5) is 35.2. The average molecular weight is 314 g/mol. The molecule has 1 heterocycles. The van der Waals surface area contributed by atoms with E-state index in [4.69, 9.17) is 5.11 Å². The standard InChI is InChI=1S/C13H18N2O5S/c1-8-3-4-9(21-8)12(19)14-6-10(16)15-7-13(2,20)5-11(17)18/h3-4,20H,5-7H2,1-2H3,(H,14,19)(H,15,16)(H,17,18). The Hall–Kier alpha value is -1.93. The predicted molar refractivity (Wildman–Crippen MR) is 77.3 cm³/mol. The number of hydrogen-bond donors (Lipinski definition) is 4. The minimum Gasteiger partial charge on any atom is -0.481 e. The van der Waals surface area contributed by atoms with Gasteiger partial charge in [-0.25, -0.2) is 0 Å². The van der Waals surface area contributed by atoms with Crippen LogP contribution in [0.15, 0.2) is 12.1 Å². The fourth-order valence-electron chi connectivity index (χ4n) is 1.54. The SMILES string of the molecule is Cc1ccc(C(=O)NCC(=O)NCC(C)(O)CC(=O)O)s1. The van der Waals surface area contributed by atoms with Crippen molar-refractivity contribution in [3.05, 3.63) is 21.9 Å². The Morgan fingerprint density at radius 2 is 1.95 bits per heavy atom. The van der Waals surface area contributed by atoms with Gasteiger partial charge in [-0.2, -0.15) is 0 Å². The smallest absolute Gasteiger partial charge is 0.306 e. The van der Waals surface area contributed by atoms with E-state index >= 15 is 0 Å². The first-order valence-electron chi connectivity index (χ1n) is 6.25. The lowest BCUT2D eigenvalue weighted by atomic mass is 10.0. The number of carboxylic acid groups (broad SMARTS) is 1. The topological polar surface area (TPSA) is 116 Å². The first kappa shape index (κ1) is 17.1. The van der Waals surface area contributed by atoms with Crippen LogP contribution in [0.1, 0.15) is 27.9 Å². The van der Waals surface area contributed by atoms with Crippen molar-refractivity contribution >= 4 is 29.1 Å². The number of carbonyl (C=O) groups is 3. The zero-order valence-electron chi connectivity index (χ0n) is 11.8. The summed E-state index contributed by atoms with van der Waals surface area (Å²) in [6.07, 6.45) is -0.478. The highest BCUT2D eigenvalue weighted by atomic mass is 32.1. The van der Waals surface area contributed by atoms with E-state index in [-0.39, 0.29) is 19.0 Å². The molecule has 0 aliphatic heterocycles. The number of carbonyl (C=O) groups excluding carboxylic acids is 2. The van der Waals surface area contributed by atoms with Gasteiger partial charge in [0.1, 0.15) is 0 Å². The van der Waals surface area contributed by atoms with E-state index in [9.17, 15) is 19.5 Å². The number of nitrogens with one attached hydrogen (secondary N) is 2. The lowest BCUT2D eigenvalue weighted by molar-refractivity contribution is -0.142. The largest absolute Gasteiger partial charge is 0.481 e. The molecule has 1 aromatic heterocycles. The fraction of sp³-hybridized carbons (Fsp3) is 0.462. The maximum atomic E-state index is 11.7. The molecule has 4 N–H and O–H groups in total. The van der Waals surface area contributed by atoms with Gasteiger partial charge in [-0.15, -0.1) is 11.3 Å². The Morgan fingerprint density at radius 3 is 2.48 bits per heavy atom. The number of carboxylic acids is 1. The van der Waals surface area contributed by atoms with Crippen molar-refractivity contribution in [3.8, 4) is 0 Å². The Labute approximate surface area is 126 Å². The number of hydrogen-bond acceptors (Lipinski definition) is 5. The number of aliphatic carboxylic acids is 1. The summed E-state index contributed by atoms with van der Waals surface area (Å²) in [5.74, 6) is -2.00. The molecular formula is C13H18N2O5S. The van der Waals surface area contributed by atoms with Gasteiger partial charge < -0.3 is 20.8 Å². The molecule has 8 heteroatoms. The molecule has 0 radical (unpaired) electrons. The van der Waals surface area contributed by atoms with Crippen LogP contribution in [0, 0.1) is 6.92 Å². The molecule has 1 aromatic rings. The van der Waals surface area contributed by atoms with E-state index in [1.54, 1.807) is 6.07 Å². The minimum atomic E-state index is -1.53. The summed E-state index contributed by atoms with van der Waals surface area (Å²) in [5, 5.41) is 23.1. The molecule has 116 valence electrons. The Morgan fingerprint density at radius 1 is 1.29 bits per heavy atom. The molecule has 0 saturated heterocycles. The first-order chi connectivity index (χ1) is 9.69. The molecule has 0 aliphatic carbocycles. The minimum absolute atomic E-state index is 0.202. The van der Waals surface area contributed by atoms with Gasteiger partial charge >= 0.3 is 5.97 Å². The molecule has 0 bridgehead atoms. The second kappa shape index (κ2) is 7.19. The van der Waals surface area contributed by atoms with Crippen LogP contribution in [0.4, 0.5) is 0 Å². The van der Waals surface area contributed by atoms with E-state index < -0.39 is 23.9 Å². The molecule has 0 aromatic carbocycles. The molecule has 0 fully saturated rings. The summed E-state index contributed by atoms with van der Waals surface area (Å²) in [6, 6.07) is 3.48. The lowest BCUT2D eigenvalue weighted by Crippen LogP contribution is -2.45. The highest BCUT2D eigenvalue weighted by Gasteiger charge is 2.24. The molecule has 21 heavy (non-hydrogen) atoms. The lowest BCUT2D eigenvalue weighted by Gasteiger charge is -2.21. The monoisotopic (exact) mass is 314 g/mol. The van der Waals surface area contributed by atoms with Crippen molar-refractivity contribution in [2.24, 2.45) is 0 Å². The van der Waals surface area contributed by atoms with Gasteiger partial charge in [-0.05, 0) is 26.0 Å². The molecule has 0 spiro atoms. The summed E-state index contributed by atoms with van der Waals surface area (Å²) in [7, 11) is 0. The molecule has 0 aliphatic rings. The second-order valence-corrected chi connectivity index (χ2v) is 6.23. The van der Waals surface area contributed by atoms with Gasteiger partial charge in [0.05, 0.1) is 23.4 Å². The fourth-order valence-corrected chi connectivity index (χ4v) is 2.33. The van der Waals surface area contributed by atoms with Crippen molar-refractivity contribution in [2.75, 3.05) is 13.1 Å². The maximum absolute atomic E-state index is 11.7. The summed E-state index contributed by atoms with van der Waals surface area (Å²) >= 11 is 1.32.